The van der Waals surface area contributed by atoms with Gasteiger partial charge in [-0.2, -0.15) is 5.26 Å². The molecule has 0 spiro atoms. The molecule has 0 aliphatic heterocycles. The molecule has 6 heteroatoms. The monoisotopic (exact) mass is 372 g/mol. The van der Waals surface area contributed by atoms with Crippen molar-refractivity contribution in [1.82, 2.24) is 4.98 Å². The lowest BCUT2D eigenvalue weighted by molar-refractivity contribution is 0.102. The highest BCUT2D eigenvalue weighted by Crippen LogP contribution is 2.14. The van der Waals surface area contributed by atoms with Gasteiger partial charge in [-0.25, -0.2) is 4.98 Å². The minimum absolute atomic E-state index is 0.298. The number of anilines is 2. The van der Waals surface area contributed by atoms with Gasteiger partial charge in [-0.3, -0.25) is 4.79 Å². The number of pyridine rings is 1. The number of hydrogen-bond acceptors (Lipinski definition) is 5. The summed E-state index contributed by atoms with van der Waals surface area (Å²) in [5, 5.41) is 14.9. The van der Waals surface area contributed by atoms with Crippen LogP contribution in [0.5, 0.6) is 5.75 Å². The molecule has 1 amide bonds. The van der Waals surface area contributed by atoms with Crippen molar-refractivity contribution in [3.8, 4) is 11.8 Å². The third kappa shape index (κ3) is 5.08. The highest BCUT2D eigenvalue weighted by Gasteiger charge is 2.08. The summed E-state index contributed by atoms with van der Waals surface area (Å²) in [4.78, 5) is 16.5. The summed E-state index contributed by atoms with van der Waals surface area (Å²) < 4.78 is 5.23. The van der Waals surface area contributed by atoms with Crippen LogP contribution in [0.3, 0.4) is 0 Å². The number of amides is 1. The third-order valence-electron chi connectivity index (χ3n) is 4.14. The number of methoxy groups -OCH3 is 1. The molecule has 3 aromatic rings. The minimum Gasteiger partial charge on any atom is -0.497 e. The molecule has 3 rings (SSSR count). The topological polar surface area (TPSA) is 87.0 Å². The Kier molecular flexibility index (Phi) is 6.21. The van der Waals surface area contributed by atoms with Gasteiger partial charge in [-0.05, 0) is 60.5 Å². The second kappa shape index (κ2) is 9.19. The Morgan fingerprint density at radius 1 is 1.11 bits per heavy atom. The third-order valence-corrected chi connectivity index (χ3v) is 4.14. The van der Waals surface area contributed by atoms with E-state index >= 15 is 0 Å². The number of nitrogens with zero attached hydrogens (tertiary/aromatic N) is 2. The molecule has 28 heavy (non-hydrogen) atoms. The Morgan fingerprint density at radius 3 is 2.57 bits per heavy atom. The molecule has 0 aliphatic rings. The fourth-order valence-electron chi connectivity index (χ4n) is 2.64. The first-order valence-corrected chi connectivity index (χ1v) is 8.82. The SMILES string of the molecule is COc1cccc(CCNc2ccc(C(=O)Nc3ccc(C#N)cc3)nc2)c1. The van der Waals surface area contributed by atoms with E-state index in [2.05, 4.69) is 21.7 Å². The molecule has 1 aromatic heterocycles. The fourth-order valence-corrected chi connectivity index (χ4v) is 2.64. The number of hydrogen-bond donors (Lipinski definition) is 2. The van der Waals surface area contributed by atoms with Gasteiger partial charge in [-0.15, -0.1) is 0 Å². The number of ether oxygens (including phenoxy) is 1. The Balaban J connectivity index is 1.52. The zero-order valence-corrected chi connectivity index (χ0v) is 15.5. The summed E-state index contributed by atoms with van der Waals surface area (Å²) >= 11 is 0. The van der Waals surface area contributed by atoms with Crippen molar-refractivity contribution in [3.63, 3.8) is 0 Å². The van der Waals surface area contributed by atoms with Gasteiger partial charge in [0.2, 0.25) is 0 Å². The quantitative estimate of drug-likeness (QED) is 0.657. The standard InChI is InChI=1S/C22H20N4O2/c1-28-20-4-2-3-16(13-20)11-12-24-19-9-10-21(25-15-19)22(27)26-18-7-5-17(14-23)6-8-18/h2-10,13,15,24H,11-12H2,1H3,(H,26,27). The van der Waals surface area contributed by atoms with Crippen LogP contribution in [0.25, 0.3) is 0 Å². The van der Waals surface area contributed by atoms with Crippen molar-refractivity contribution >= 4 is 17.3 Å². The Bertz CT molecular complexity index is 977. The average molecular weight is 372 g/mol. The van der Waals surface area contributed by atoms with E-state index in [0.29, 0.717) is 16.9 Å². The molecule has 0 atom stereocenters. The first-order chi connectivity index (χ1) is 13.7. The van der Waals surface area contributed by atoms with Crippen molar-refractivity contribution in [2.75, 3.05) is 24.3 Å². The lowest BCUT2D eigenvalue weighted by Crippen LogP contribution is -2.14. The van der Waals surface area contributed by atoms with Gasteiger partial charge in [0.05, 0.1) is 30.6 Å². The normalized spacial score (nSPS) is 10.0. The highest BCUT2D eigenvalue weighted by atomic mass is 16.5. The van der Waals surface area contributed by atoms with Crippen molar-refractivity contribution in [2.24, 2.45) is 0 Å². The largest absolute Gasteiger partial charge is 0.497 e. The smallest absolute Gasteiger partial charge is 0.274 e. The summed E-state index contributed by atoms with van der Waals surface area (Å²) in [6.45, 7) is 0.742. The zero-order valence-electron chi connectivity index (χ0n) is 15.5. The van der Waals surface area contributed by atoms with E-state index in [9.17, 15) is 4.79 Å². The molecule has 140 valence electrons. The maximum absolute atomic E-state index is 12.3. The Hall–Kier alpha value is -3.85. The maximum atomic E-state index is 12.3. The number of nitrogens with one attached hydrogen (secondary N) is 2. The molecule has 2 N–H and O–H groups in total. The summed E-state index contributed by atoms with van der Waals surface area (Å²) in [5.41, 5.74) is 3.51. The molecule has 0 unspecified atom stereocenters. The first-order valence-electron chi connectivity index (χ1n) is 8.82. The molecular weight excluding hydrogens is 352 g/mol. The fraction of sp³-hybridized carbons (Fsp3) is 0.136. The van der Waals surface area contributed by atoms with E-state index in [-0.39, 0.29) is 5.91 Å². The predicted octanol–water partition coefficient (Wildman–Crippen LogP) is 3.87. The van der Waals surface area contributed by atoms with Gasteiger partial charge in [0.1, 0.15) is 11.4 Å². The molecule has 0 radical (unpaired) electrons. The van der Waals surface area contributed by atoms with Crippen LogP contribution in [0.4, 0.5) is 11.4 Å². The number of benzene rings is 2. The molecule has 0 saturated carbocycles. The number of rotatable bonds is 7. The van der Waals surface area contributed by atoms with Crippen LogP contribution in [0.2, 0.25) is 0 Å². The average Bonchev–Trinajstić information content (AvgIpc) is 2.75. The number of aromatic nitrogens is 1. The summed E-state index contributed by atoms with van der Waals surface area (Å²) in [6.07, 6.45) is 2.48. The second-order valence-electron chi connectivity index (χ2n) is 6.10. The lowest BCUT2D eigenvalue weighted by Gasteiger charge is -2.08. The molecule has 6 nitrogen and oxygen atoms in total. The summed E-state index contributed by atoms with van der Waals surface area (Å²) in [6, 6.07) is 20.2. The zero-order chi connectivity index (χ0) is 19.8. The maximum Gasteiger partial charge on any atom is 0.274 e. The molecule has 0 fully saturated rings. The van der Waals surface area contributed by atoms with Crippen LogP contribution in [0.1, 0.15) is 21.6 Å². The van der Waals surface area contributed by atoms with Gasteiger partial charge in [-0.1, -0.05) is 12.1 Å². The highest BCUT2D eigenvalue weighted by molar-refractivity contribution is 6.02. The van der Waals surface area contributed by atoms with E-state index < -0.39 is 0 Å². The van der Waals surface area contributed by atoms with Crippen molar-refractivity contribution in [2.45, 2.75) is 6.42 Å². The van der Waals surface area contributed by atoms with Gasteiger partial charge in [0.15, 0.2) is 0 Å². The molecule has 0 bridgehead atoms. The van der Waals surface area contributed by atoms with Gasteiger partial charge >= 0.3 is 0 Å². The molecular formula is C22H20N4O2. The molecule has 0 aliphatic carbocycles. The van der Waals surface area contributed by atoms with Gasteiger partial charge in [0, 0.05) is 12.2 Å². The van der Waals surface area contributed by atoms with Crippen LogP contribution >= 0.6 is 0 Å². The number of carbonyl (C=O) groups is 1. The van der Waals surface area contributed by atoms with Crippen LogP contribution in [-0.2, 0) is 6.42 Å². The van der Waals surface area contributed by atoms with Crippen molar-refractivity contribution < 1.29 is 9.53 Å². The van der Waals surface area contributed by atoms with E-state index in [0.717, 1.165) is 24.4 Å². The van der Waals surface area contributed by atoms with Crippen LogP contribution in [0, 0.1) is 11.3 Å². The van der Waals surface area contributed by atoms with Crippen LogP contribution < -0.4 is 15.4 Å². The Morgan fingerprint density at radius 2 is 1.89 bits per heavy atom. The summed E-state index contributed by atoms with van der Waals surface area (Å²) in [5.74, 6) is 0.546. The predicted molar refractivity (Wildman–Crippen MR) is 109 cm³/mol. The molecule has 1 heterocycles. The Labute approximate surface area is 163 Å². The van der Waals surface area contributed by atoms with E-state index in [4.69, 9.17) is 10.00 Å². The van der Waals surface area contributed by atoms with Crippen LogP contribution in [-0.4, -0.2) is 24.5 Å². The van der Waals surface area contributed by atoms with Gasteiger partial charge in [0.25, 0.3) is 5.91 Å². The van der Waals surface area contributed by atoms with E-state index in [1.165, 1.54) is 5.56 Å². The van der Waals surface area contributed by atoms with E-state index in [1.807, 2.05) is 30.3 Å². The minimum atomic E-state index is -0.298. The van der Waals surface area contributed by atoms with E-state index in [1.54, 1.807) is 43.6 Å². The summed E-state index contributed by atoms with van der Waals surface area (Å²) in [7, 11) is 1.65. The first kappa shape index (κ1) is 18.9. The molecule has 2 aromatic carbocycles. The van der Waals surface area contributed by atoms with Crippen molar-refractivity contribution in [3.05, 3.63) is 83.7 Å². The van der Waals surface area contributed by atoms with Gasteiger partial charge < -0.3 is 15.4 Å². The number of carbonyl (C=O) groups excluding carboxylic acids is 1. The van der Waals surface area contributed by atoms with Crippen LogP contribution in [0.15, 0.2) is 66.9 Å². The molecule has 0 saturated heterocycles. The second-order valence-corrected chi connectivity index (χ2v) is 6.10. The number of nitriles is 1. The van der Waals surface area contributed by atoms with Crippen molar-refractivity contribution in [1.29, 1.82) is 5.26 Å². The lowest BCUT2D eigenvalue weighted by atomic mass is 10.1.